The standard InChI is InChI=1S/C23H26BrNO6/c1-6-31-23(28)18-12(3)25-15-9-11(2)17(22(27)30-5)21(26)20(15)19(18)13-7-8-16(29-4)14(24)10-13/h7-8,10-11,17,19,25H,6,9H2,1-5H3/t11-,17-,19-/m0/s1. The zero-order chi connectivity index (χ0) is 22.9. The van der Waals surface area contributed by atoms with Gasteiger partial charge in [-0.2, -0.15) is 0 Å². The van der Waals surface area contributed by atoms with Crippen molar-refractivity contribution < 1.29 is 28.6 Å². The zero-order valence-electron chi connectivity index (χ0n) is 18.2. The van der Waals surface area contributed by atoms with Gasteiger partial charge in [0.05, 0.1) is 30.9 Å². The van der Waals surface area contributed by atoms with Gasteiger partial charge in [-0.1, -0.05) is 13.0 Å². The van der Waals surface area contributed by atoms with Gasteiger partial charge in [-0.25, -0.2) is 4.79 Å². The topological polar surface area (TPSA) is 90.9 Å². The van der Waals surface area contributed by atoms with Gasteiger partial charge in [0.15, 0.2) is 5.78 Å². The Kier molecular flexibility index (Phi) is 6.89. The van der Waals surface area contributed by atoms with Crippen molar-refractivity contribution in [2.24, 2.45) is 11.8 Å². The summed E-state index contributed by atoms with van der Waals surface area (Å²) in [5.41, 5.74) is 2.82. The Labute approximate surface area is 189 Å². The van der Waals surface area contributed by atoms with Gasteiger partial charge in [0.1, 0.15) is 11.7 Å². The van der Waals surface area contributed by atoms with Crippen molar-refractivity contribution in [3.8, 4) is 5.75 Å². The third-order valence-corrected chi connectivity index (χ3v) is 6.37. The van der Waals surface area contributed by atoms with Crippen LogP contribution in [0.2, 0.25) is 0 Å². The van der Waals surface area contributed by atoms with E-state index in [1.54, 1.807) is 27.0 Å². The molecule has 166 valence electrons. The molecular weight excluding hydrogens is 466 g/mol. The second-order valence-corrected chi connectivity index (χ2v) is 8.50. The van der Waals surface area contributed by atoms with Gasteiger partial charge in [0.2, 0.25) is 0 Å². The largest absolute Gasteiger partial charge is 0.496 e. The van der Waals surface area contributed by atoms with Crippen molar-refractivity contribution in [3.63, 3.8) is 0 Å². The fourth-order valence-corrected chi connectivity index (χ4v) is 4.91. The first-order chi connectivity index (χ1) is 14.7. The number of carbonyl (C=O) groups excluding carboxylic acids is 3. The SMILES string of the molecule is CCOC(=O)C1=C(C)NC2=C(C(=O)[C@@H](C(=O)OC)[C@@H](C)C2)[C@H]1c1ccc(OC)c(Br)c1. The highest BCUT2D eigenvalue weighted by Gasteiger charge is 2.47. The van der Waals surface area contributed by atoms with E-state index in [0.29, 0.717) is 33.5 Å². The number of Topliss-reactive ketones (excluding diaryl/α,β-unsaturated/α-hetero) is 1. The van der Waals surface area contributed by atoms with E-state index in [1.807, 2.05) is 19.1 Å². The molecule has 31 heavy (non-hydrogen) atoms. The first-order valence-electron chi connectivity index (χ1n) is 10.1. The van der Waals surface area contributed by atoms with Crippen LogP contribution in [-0.4, -0.2) is 38.5 Å². The smallest absolute Gasteiger partial charge is 0.336 e. The van der Waals surface area contributed by atoms with Crippen LogP contribution < -0.4 is 10.1 Å². The molecule has 0 unspecified atom stereocenters. The zero-order valence-corrected chi connectivity index (χ0v) is 19.8. The number of halogens is 1. The van der Waals surface area contributed by atoms with E-state index in [1.165, 1.54) is 7.11 Å². The predicted octanol–water partition coefficient (Wildman–Crippen LogP) is 3.63. The molecule has 0 saturated heterocycles. The molecule has 0 radical (unpaired) electrons. The summed E-state index contributed by atoms with van der Waals surface area (Å²) < 4.78 is 16.2. The second-order valence-electron chi connectivity index (χ2n) is 7.65. The normalized spacial score (nSPS) is 23.2. The molecule has 2 aliphatic rings. The molecular formula is C23H26BrNO6. The van der Waals surface area contributed by atoms with Crippen LogP contribution in [0.5, 0.6) is 5.75 Å². The lowest BCUT2D eigenvalue weighted by molar-refractivity contribution is -0.151. The van der Waals surface area contributed by atoms with Crippen LogP contribution in [-0.2, 0) is 23.9 Å². The molecule has 1 aliphatic heterocycles. The lowest BCUT2D eigenvalue weighted by Crippen LogP contribution is -2.43. The summed E-state index contributed by atoms with van der Waals surface area (Å²) in [6.07, 6.45) is 0.488. The van der Waals surface area contributed by atoms with Crippen LogP contribution in [0, 0.1) is 11.8 Å². The van der Waals surface area contributed by atoms with E-state index in [-0.39, 0.29) is 18.3 Å². The Bertz CT molecular complexity index is 996. The fraction of sp³-hybridized carbons (Fsp3) is 0.435. The third kappa shape index (κ3) is 4.13. The molecule has 1 N–H and O–H groups in total. The van der Waals surface area contributed by atoms with Crippen molar-refractivity contribution in [1.29, 1.82) is 0 Å². The molecule has 0 spiro atoms. The Hall–Kier alpha value is -2.61. The molecule has 1 aliphatic carbocycles. The van der Waals surface area contributed by atoms with Gasteiger partial charge in [-0.15, -0.1) is 0 Å². The molecule has 0 saturated carbocycles. The minimum absolute atomic E-state index is 0.205. The molecule has 1 aromatic carbocycles. The summed E-state index contributed by atoms with van der Waals surface area (Å²) in [5.74, 6) is -2.60. The highest BCUT2D eigenvalue weighted by molar-refractivity contribution is 9.10. The van der Waals surface area contributed by atoms with Gasteiger partial charge < -0.3 is 19.5 Å². The van der Waals surface area contributed by atoms with Crippen molar-refractivity contribution in [1.82, 2.24) is 5.32 Å². The number of esters is 2. The van der Waals surface area contributed by atoms with E-state index in [4.69, 9.17) is 14.2 Å². The molecule has 3 rings (SSSR count). The van der Waals surface area contributed by atoms with Crippen LogP contribution in [0.4, 0.5) is 0 Å². The summed E-state index contributed by atoms with van der Waals surface area (Å²) >= 11 is 3.49. The summed E-state index contributed by atoms with van der Waals surface area (Å²) in [6.45, 7) is 5.58. The minimum atomic E-state index is -0.920. The number of allylic oxidation sites excluding steroid dienone is 3. The van der Waals surface area contributed by atoms with Gasteiger partial charge in [0.25, 0.3) is 0 Å². The maximum absolute atomic E-state index is 13.6. The number of dihydropyridines is 1. The Morgan fingerprint density at radius 1 is 1.26 bits per heavy atom. The van der Waals surface area contributed by atoms with E-state index >= 15 is 0 Å². The van der Waals surface area contributed by atoms with Crippen LogP contribution in [0.15, 0.2) is 45.2 Å². The summed E-state index contributed by atoms with van der Waals surface area (Å²) in [5, 5.41) is 3.23. The molecule has 0 fully saturated rings. The van der Waals surface area contributed by atoms with E-state index in [9.17, 15) is 14.4 Å². The minimum Gasteiger partial charge on any atom is -0.496 e. The Morgan fingerprint density at radius 3 is 2.55 bits per heavy atom. The lowest BCUT2D eigenvalue weighted by atomic mass is 9.69. The number of benzene rings is 1. The number of methoxy groups -OCH3 is 2. The summed E-state index contributed by atoms with van der Waals surface area (Å²) in [4.78, 5) is 38.9. The summed E-state index contributed by atoms with van der Waals surface area (Å²) in [6, 6.07) is 5.41. The van der Waals surface area contributed by atoms with Gasteiger partial charge >= 0.3 is 11.9 Å². The highest BCUT2D eigenvalue weighted by atomic mass is 79.9. The van der Waals surface area contributed by atoms with Gasteiger partial charge in [-0.3, -0.25) is 9.59 Å². The van der Waals surface area contributed by atoms with Gasteiger partial charge in [-0.05, 0) is 59.8 Å². The number of rotatable bonds is 5. The predicted molar refractivity (Wildman–Crippen MR) is 117 cm³/mol. The quantitative estimate of drug-likeness (QED) is 0.496. The van der Waals surface area contributed by atoms with Crippen molar-refractivity contribution in [2.75, 3.05) is 20.8 Å². The average Bonchev–Trinajstić information content (AvgIpc) is 2.72. The molecule has 1 heterocycles. The second kappa shape index (κ2) is 9.26. The average molecular weight is 492 g/mol. The number of hydrogen-bond donors (Lipinski definition) is 1. The number of ether oxygens (including phenoxy) is 3. The number of carbonyl (C=O) groups is 3. The molecule has 0 amide bonds. The van der Waals surface area contributed by atoms with Crippen LogP contribution in [0.1, 0.15) is 38.7 Å². The fourth-order valence-electron chi connectivity index (χ4n) is 4.36. The highest BCUT2D eigenvalue weighted by Crippen LogP contribution is 2.46. The lowest BCUT2D eigenvalue weighted by Gasteiger charge is -2.38. The first kappa shape index (κ1) is 23.1. The molecule has 3 atom stereocenters. The van der Waals surface area contributed by atoms with Crippen molar-refractivity contribution >= 4 is 33.7 Å². The Morgan fingerprint density at radius 2 is 1.97 bits per heavy atom. The molecule has 0 bridgehead atoms. The van der Waals surface area contributed by atoms with Crippen LogP contribution in [0.3, 0.4) is 0 Å². The summed E-state index contributed by atoms with van der Waals surface area (Å²) in [7, 11) is 2.84. The first-order valence-corrected chi connectivity index (χ1v) is 10.9. The van der Waals surface area contributed by atoms with Crippen LogP contribution in [0.25, 0.3) is 0 Å². The molecule has 0 aromatic heterocycles. The number of ketones is 1. The van der Waals surface area contributed by atoms with Crippen LogP contribution >= 0.6 is 15.9 Å². The van der Waals surface area contributed by atoms with E-state index in [0.717, 1.165) is 11.3 Å². The Balaban J connectivity index is 2.21. The molecule has 8 heteroatoms. The van der Waals surface area contributed by atoms with Crippen molar-refractivity contribution in [2.45, 2.75) is 33.1 Å². The number of hydrogen-bond acceptors (Lipinski definition) is 7. The number of nitrogens with one attached hydrogen (secondary N) is 1. The van der Waals surface area contributed by atoms with Crippen molar-refractivity contribution in [3.05, 3.63) is 50.8 Å². The maximum Gasteiger partial charge on any atom is 0.336 e. The monoisotopic (exact) mass is 491 g/mol. The molecule has 1 aromatic rings. The molecule has 7 nitrogen and oxygen atoms in total. The maximum atomic E-state index is 13.6. The van der Waals surface area contributed by atoms with E-state index < -0.39 is 23.8 Å². The third-order valence-electron chi connectivity index (χ3n) is 5.75. The van der Waals surface area contributed by atoms with E-state index in [2.05, 4.69) is 21.2 Å². The van der Waals surface area contributed by atoms with Gasteiger partial charge in [0, 0.05) is 22.9 Å².